The van der Waals surface area contributed by atoms with E-state index in [1.807, 2.05) is 78.9 Å². The first-order valence-corrected chi connectivity index (χ1v) is 6.78. The van der Waals surface area contributed by atoms with Gasteiger partial charge in [0.05, 0.1) is 0 Å². The highest BCUT2D eigenvalue weighted by Gasteiger charge is 2.00. The summed E-state index contributed by atoms with van der Waals surface area (Å²) in [5.74, 6) is 1.66. The summed E-state index contributed by atoms with van der Waals surface area (Å²) < 4.78 is 5.77. The Labute approximate surface area is 123 Å². The molecule has 3 rings (SSSR count). The third-order valence-electron chi connectivity index (χ3n) is 2.99. The lowest BCUT2D eigenvalue weighted by atomic mass is 10.1. The Bertz CT molecular complexity index is 690. The van der Waals surface area contributed by atoms with Gasteiger partial charge in [-0.3, -0.25) is 0 Å². The first-order valence-electron chi connectivity index (χ1n) is 6.40. The van der Waals surface area contributed by atoms with Gasteiger partial charge in [0.2, 0.25) is 0 Å². The van der Waals surface area contributed by atoms with Crippen molar-refractivity contribution in [3.8, 4) is 22.6 Å². The fourth-order valence-corrected chi connectivity index (χ4v) is 2.20. The molecule has 0 unspecified atom stereocenters. The zero-order valence-electron chi connectivity index (χ0n) is 10.8. The van der Waals surface area contributed by atoms with Crippen LogP contribution in [0, 0.1) is 0 Å². The van der Waals surface area contributed by atoms with Gasteiger partial charge in [0.15, 0.2) is 0 Å². The highest BCUT2D eigenvalue weighted by molar-refractivity contribution is 6.30. The van der Waals surface area contributed by atoms with E-state index in [9.17, 15) is 0 Å². The standard InChI is InChI=1S/C18H13ClO/c19-16-6-4-5-15(13-16)14-9-11-18(12-10-14)20-17-7-2-1-3-8-17/h1-13H. The molecule has 0 heterocycles. The van der Waals surface area contributed by atoms with Crippen molar-refractivity contribution >= 4 is 11.6 Å². The third-order valence-corrected chi connectivity index (χ3v) is 3.23. The molecule has 0 atom stereocenters. The Morgan fingerprint density at radius 2 is 1.30 bits per heavy atom. The summed E-state index contributed by atoms with van der Waals surface area (Å²) in [7, 11) is 0. The molecule has 0 saturated carbocycles. The number of ether oxygens (including phenoxy) is 1. The molecule has 0 N–H and O–H groups in total. The molecule has 3 aromatic carbocycles. The van der Waals surface area contributed by atoms with E-state index in [1.165, 1.54) is 0 Å². The van der Waals surface area contributed by atoms with Gasteiger partial charge in [0.1, 0.15) is 11.5 Å². The van der Waals surface area contributed by atoms with Gasteiger partial charge in [0.25, 0.3) is 0 Å². The molecule has 0 radical (unpaired) electrons. The molecule has 2 heteroatoms. The summed E-state index contributed by atoms with van der Waals surface area (Å²) in [6.45, 7) is 0. The van der Waals surface area contributed by atoms with Crippen molar-refractivity contribution in [2.75, 3.05) is 0 Å². The van der Waals surface area contributed by atoms with Crippen molar-refractivity contribution in [3.63, 3.8) is 0 Å². The summed E-state index contributed by atoms with van der Waals surface area (Å²) in [5, 5.41) is 0.743. The Kier molecular flexibility index (Phi) is 3.71. The molecule has 0 aliphatic rings. The van der Waals surface area contributed by atoms with E-state index in [-0.39, 0.29) is 0 Å². The molecular weight excluding hydrogens is 268 g/mol. The molecule has 0 aliphatic carbocycles. The maximum absolute atomic E-state index is 6.01. The summed E-state index contributed by atoms with van der Waals surface area (Å²) in [6, 6.07) is 25.5. The Morgan fingerprint density at radius 3 is 2.00 bits per heavy atom. The van der Waals surface area contributed by atoms with Gasteiger partial charge in [-0.25, -0.2) is 0 Å². The van der Waals surface area contributed by atoms with Crippen LogP contribution in [0.5, 0.6) is 11.5 Å². The van der Waals surface area contributed by atoms with Crippen LogP contribution in [-0.2, 0) is 0 Å². The molecule has 0 aromatic heterocycles. The largest absolute Gasteiger partial charge is 0.457 e. The van der Waals surface area contributed by atoms with E-state index in [2.05, 4.69) is 0 Å². The maximum Gasteiger partial charge on any atom is 0.127 e. The minimum Gasteiger partial charge on any atom is -0.457 e. The molecule has 0 amide bonds. The van der Waals surface area contributed by atoms with Crippen LogP contribution in [0.3, 0.4) is 0 Å². The van der Waals surface area contributed by atoms with E-state index < -0.39 is 0 Å². The highest BCUT2D eigenvalue weighted by Crippen LogP contribution is 2.27. The lowest BCUT2D eigenvalue weighted by Crippen LogP contribution is -1.84. The monoisotopic (exact) mass is 280 g/mol. The van der Waals surface area contributed by atoms with E-state index >= 15 is 0 Å². The summed E-state index contributed by atoms with van der Waals surface area (Å²) in [4.78, 5) is 0. The zero-order valence-corrected chi connectivity index (χ0v) is 11.5. The minimum atomic E-state index is 0.743. The van der Waals surface area contributed by atoms with Crippen LogP contribution in [0.15, 0.2) is 78.9 Å². The van der Waals surface area contributed by atoms with Gasteiger partial charge in [-0.2, -0.15) is 0 Å². The molecular formula is C18H13ClO. The Balaban J connectivity index is 1.81. The van der Waals surface area contributed by atoms with Crippen molar-refractivity contribution in [1.82, 2.24) is 0 Å². The molecule has 0 fully saturated rings. The number of hydrogen-bond acceptors (Lipinski definition) is 1. The molecule has 3 aromatic rings. The van der Waals surface area contributed by atoms with Crippen molar-refractivity contribution in [1.29, 1.82) is 0 Å². The van der Waals surface area contributed by atoms with Crippen molar-refractivity contribution < 1.29 is 4.74 Å². The van der Waals surface area contributed by atoms with E-state index in [4.69, 9.17) is 16.3 Å². The number of halogens is 1. The molecule has 0 saturated heterocycles. The lowest BCUT2D eigenvalue weighted by molar-refractivity contribution is 0.483. The summed E-state index contributed by atoms with van der Waals surface area (Å²) in [5.41, 5.74) is 2.22. The number of benzene rings is 3. The van der Waals surface area contributed by atoms with E-state index in [0.29, 0.717) is 0 Å². The molecule has 98 valence electrons. The number of para-hydroxylation sites is 1. The van der Waals surface area contributed by atoms with E-state index in [0.717, 1.165) is 27.6 Å². The quantitative estimate of drug-likeness (QED) is 0.589. The van der Waals surface area contributed by atoms with Gasteiger partial charge < -0.3 is 4.74 Å². The van der Waals surface area contributed by atoms with Crippen LogP contribution in [0.25, 0.3) is 11.1 Å². The van der Waals surface area contributed by atoms with Crippen LogP contribution >= 0.6 is 11.6 Å². The van der Waals surface area contributed by atoms with Gasteiger partial charge >= 0.3 is 0 Å². The van der Waals surface area contributed by atoms with E-state index in [1.54, 1.807) is 0 Å². The molecule has 0 bridgehead atoms. The highest BCUT2D eigenvalue weighted by atomic mass is 35.5. The molecule has 0 aliphatic heterocycles. The molecule has 20 heavy (non-hydrogen) atoms. The third kappa shape index (κ3) is 3.01. The molecule has 0 spiro atoms. The second-order valence-corrected chi connectivity index (χ2v) is 4.89. The van der Waals surface area contributed by atoms with Crippen LogP contribution < -0.4 is 4.74 Å². The summed E-state index contributed by atoms with van der Waals surface area (Å²) >= 11 is 6.01. The van der Waals surface area contributed by atoms with Crippen LogP contribution in [0.1, 0.15) is 0 Å². The summed E-state index contributed by atoms with van der Waals surface area (Å²) in [6.07, 6.45) is 0. The van der Waals surface area contributed by atoms with Gasteiger partial charge in [-0.15, -0.1) is 0 Å². The van der Waals surface area contributed by atoms with Gasteiger partial charge in [-0.1, -0.05) is 54.1 Å². The first kappa shape index (κ1) is 12.8. The fourth-order valence-electron chi connectivity index (χ4n) is 2.01. The van der Waals surface area contributed by atoms with Gasteiger partial charge in [-0.05, 0) is 47.5 Å². The average molecular weight is 281 g/mol. The lowest BCUT2D eigenvalue weighted by Gasteiger charge is -2.07. The fraction of sp³-hybridized carbons (Fsp3) is 0. The van der Waals surface area contributed by atoms with Crippen molar-refractivity contribution in [3.05, 3.63) is 83.9 Å². The first-order chi connectivity index (χ1) is 9.81. The van der Waals surface area contributed by atoms with Crippen LogP contribution in [0.2, 0.25) is 5.02 Å². The maximum atomic E-state index is 6.01. The second kappa shape index (κ2) is 5.81. The smallest absolute Gasteiger partial charge is 0.127 e. The molecule has 1 nitrogen and oxygen atoms in total. The number of hydrogen-bond donors (Lipinski definition) is 0. The van der Waals surface area contributed by atoms with Crippen molar-refractivity contribution in [2.45, 2.75) is 0 Å². The normalized spacial score (nSPS) is 10.2. The minimum absolute atomic E-state index is 0.743. The topological polar surface area (TPSA) is 9.23 Å². The predicted molar refractivity (Wildman–Crippen MR) is 83.4 cm³/mol. The predicted octanol–water partition coefficient (Wildman–Crippen LogP) is 5.80. The van der Waals surface area contributed by atoms with Crippen LogP contribution in [-0.4, -0.2) is 0 Å². The zero-order chi connectivity index (χ0) is 13.8. The van der Waals surface area contributed by atoms with Gasteiger partial charge in [0, 0.05) is 5.02 Å². The Hall–Kier alpha value is -2.25. The Morgan fingerprint density at radius 1 is 0.600 bits per heavy atom. The second-order valence-electron chi connectivity index (χ2n) is 4.45. The average Bonchev–Trinajstić information content (AvgIpc) is 2.49. The number of rotatable bonds is 3. The SMILES string of the molecule is Clc1cccc(-c2ccc(Oc3ccccc3)cc2)c1. The van der Waals surface area contributed by atoms with Crippen molar-refractivity contribution in [2.24, 2.45) is 0 Å². The van der Waals surface area contributed by atoms with Crippen LogP contribution in [0.4, 0.5) is 0 Å².